The molecule has 0 aromatic heterocycles. The van der Waals surface area contributed by atoms with Crippen LogP contribution in [-0.2, 0) is 0 Å². The smallest absolute Gasteiger partial charge is 0.0543 e. The van der Waals surface area contributed by atoms with Gasteiger partial charge in [-0.15, -0.1) is 0 Å². The zero-order chi connectivity index (χ0) is 14.2. The maximum Gasteiger partial charge on any atom is 0.0543 e. The van der Waals surface area contributed by atoms with Crippen molar-refractivity contribution in [2.24, 2.45) is 0 Å². The number of nitrogens with zero attached hydrogens (tertiary/aromatic N) is 1. The van der Waals surface area contributed by atoms with Gasteiger partial charge in [-0.3, -0.25) is 0 Å². The normalized spacial score (nSPS) is 21.8. The summed E-state index contributed by atoms with van der Waals surface area (Å²) in [6, 6.07) is 18.7. The fraction of sp³-hybridized carbons (Fsp3) is 0.368. The van der Waals surface area contributed by atoms with Crippen molar-refractivity contribution >= 4 is 21.6 Å². The second-order valence-corrected chi connectivity index (χ2v) is 7.18. The molecular formula is C19H20BrN. The number of hydrogen-bond donors (Lipinski definition) is 0. The van der Waals surface area contributed by atoms with E-state index in [1.54, 1.807) is 0 Å². The van der Waals surface area contributed by atoms with E-state index in [2.05, 4.69) is 69.4 Å². The Morgan fingerprint density at radius 2 is 1.48 bits per heavy atom. The third-order valence-corrected chi connectivity index (χ3v) is 5.31. The molecule has 0 bridgehead atoms. The number of halogens is 1. The molecule has 4 rings (SSSR count). The highest BCUT2D eigenvalue weighted by Crippen LogP contribution is 2.42. The average molecular weight is 342 g/mol. The Balaban J connectivity index is 1.58. The zero-order valence-corrected chi connectivity index (χ0v) is 13.7. The first-order chi connectivity index (χ1) is 10.3. The summed E-state index contributed by atoms with van der Waals surface area (Å²) in [6.07, 6.45) is 5.30. The summed E-state index contributed by atoms with van der Waals surface area (Å²) in [7, 11) is 0. The molecule has 2 fully saturated rings. The maximum absolute atomic E-state index is 3.53. The molecule has 108 valence electrons. The third kappa shape index (κ3) is 2.74. The Bertz CT molecular complexity index is 613. The first kappa shape index (κ1) is 13.4. The molecule has 0 amide bonds. The predicted molar refractivity (Wildman–Crippen MR) is 91.9 cm³/mol. The molecule has 2 heteroatoms. The highest BCUT2D eigenvalue weighted by molar-refractivity contribution is 9.10. The second-order valence-electron chi connectivity index (χ2n) is 6.27. The highest BCUT2D eigenvalue weighted by atomic mass is 79.9. The molecule has 0 spiro atoms. The molecular weight excluding hydrogens is 322 g/mol. The molecule has 2 aromatic carbocycles. The molecule has 1 aliphatic carbocycles. The van der Waals surface area contributed by atoms with E-state index in [4.69, 9.17) is 0 Å². The Hall–Kier alpha value is -1.28. The zero-order valence-electron chi connectivity index (χ0n) is 12.1. The minimum absolute atomic E-state index is 0.532. The lowest BCUT2D eigenvalue weighted by molar-refractivity contribution is 0.719. The summed E-state index contributed by atoms with van der Waals surface area (Å²) in [5.41, 5.74) is 4.34. The fourth-order valence-corrected chi connectivity index (χ4v) is 3.73. The molecule has 0 radical (unpaired) electrons. The van der Waals surface area contributed by atoms with Crippen molar-refractivity contribution in [2.75, 3.05) is 11.4 Å². The minimum atomic E-state index is 0.532. The maximum atomic E-state index is 3.53. The number of hydrogen-bond acceptors (Lipinski definition) is 1. The predicted octanol–water partition coefficient (Wildman–Crippen LogP) is 5.67. The van der Waals surface area contributed by atoms with Crippen molar-refractivity contribution in [1.29, 1.82) is 0 Å². The standard InChI is InChI=1S/C19H20BrN/c20-17-9-5-16(6-10-17)19-2-1-13-21(19)18-11-7-15(8-12-18)14-3-4-14/h5-12,14,19H,1-4,13H2. The Labute approximate surface area is 135 Å². The Morgan fingerprint density at radius 1 is 0.810 bits per heavy atom. The summed E-state index contributed by atoms with van der Waals surface area (Å²) >= 11 is 3.53. The highest BCUT2D eigenvalue weighted by Gasteiger charge is 2.27. The van der Waals surface area contributed by atoms with Crippen LogP contribution in [0.5, 0.6) is 0 Å². The van der Waals surface area contributed by atoms with Gasteiger partial charge in [0.2, 0.25) is 0 Å². The molecule has 0 N–H and O–H groups in total. The number of anilines is 1. The van der Waals surface area contributed by atoms with E-state index >= 15 is 0 Å². The molecule has 1 saturated heterocycles. The molecule has 1 heterocycles. The molecule has 1 atom stereocenters. The van der Waals surface area contributed by atoms with Gasteiger partial charge in [0, 0.05) is 16.7 Å². The quantitative estimate of drug-likeness (QED) is 0.695. The van der Waals surface area contributed by atoms with Crippen LogP contribution in [0.25, 0.3) is 0 Å². The monoisotopic (exact) mass is 341 g/mol. The lowest BCUT2D eigenvalue weighted by atomic mass is 10.0. The van der Waals surface area contributed by atoms with Gasteiger partial charge >= 0.3 is 0 Å². The first-order valence-corrected chi connectivity index (χ1v) is 8.72. The van der Waals surface area contributed by atoms with E-state index in [9.17, 15) is 0 Å². The van der Waals surface area contributed by atoms with Crippen LogP contribution in [0.3, 0.4) is 0 Å². The van der Waals surface area contributed by atoms with Gasteiger partial charge < -0.3 is 4.90 Å². The van der Waals surface area contributed by atoms with Gasteiger partial charge in [0.25, 0.3) is 0 Å². The SMILES string of the molecule is Brc1ccc(C2CCCN2c2ccc(C3CC3)cc2)cc1. The summed E-state index contributed by atoms with van der Waals surface area (Å²) in [4.78, 5) is 2.57. The van der Waals surface area contributed by atoms with E-state index in [1.165, 1.54) is 49.0 Å². The van der Waals surface area contributed by atoms with E-state index < -0.39 is 0 Å². The topological polar surface area (TPSA) is 3.24 Å². The molecule has 1 saturated carbocycles. The molecule has 2 aliphatic rings. The van der Waals surface area contributed by atoms with Crippen molar-refractivity contribution in [3.63, 3.8) is 0 Å². The lowest BCUT2D eigenvalue weighted by Gasteiger charge is -2.27. The number of benzene rings is 2. The van der Waals surface area contributed by atoms with Crippen LogP contribution in [0, 0.1) is 0 Å². The van der Waals surface area contributed by atoms with Gasteiger partial charge in [-0.05, 0) is 67.0 Å². The van der Waals surface area contributed by atoms with Crippen LogP contribution in [-0.4, -0.2) is 6.54 Å². The van der Waals surface area contributed by atoms with Crippen molar-refractivity contribution in [3.8, 4) is 0 Å². The van der Waals surface area contributed by atoms with Crippen LogP contribution in [0.1, 0.15) is 48.8 Å². The van der Waals surface area contributed by atoms with Crippen LogP contribution in [0.4, 0.5) is 5.69 Å². The average Bonchev–Trinajstić information content (AvgIpc) is 3.26. The van der Waals surface area contributed by atoms with Crippen LogP contribution in [0.15, 0.2) is 53.0 Å². The molecule has 21 heavy (non-hydrogen) atoms. The van der Waals surface area contributed by atoms with Gasteiger partial charge in [-0.2, -0.15) is 0 Å². The van der Waals surface area contributed by atoms with Gasteiger partial charge in [-0.25, -0.2) is 0 Å². The first-order valence-electron chi connectivity index (χ1n) is 7.93. The van der Waals surface area contributed by atoms with E-state index in [0.29, 0.717) is 6.04 Å². The molecule has 2 aromatic rings. The van der Waals surface area contributed by atoms with Crippen molar-refractivity contribution in [1.82, 2.24) is 0 Å². The molecule has 1 unspecified atom stereocenters. The van der Waals surface area contributed by atoms with E-state index in [0.717, 1.165) is 10.4 Å². The summed E-state index contributed by atoms with van der Waals surface area (Å²) in [6.45, 7) is 1.17. The lowest BCUT2D eigenvalue weighted by Crippen LogP contribution is -2.22. The molecule has 1 aliphatic heterocycles. The fourth-order valence-electron chi connectivity index (χ4n) is 3.46. The van der Waals surface area contributed by atoms with Crippen LogP contribution < -0.4 is 4.90 Å². The Morgan fingerprint density at radius 3 is 2.14 bits per heavy atom. The number of rotatable bonds is 3. The summed E-state index contributed by atoms with van der Waals surface area (Å²) < 4.78 is 1.16. The van der Waals surface area contributed by atoms with Crippen molar-refractivity contribution in [2.45, 2.75) is 37.6 Å². The van der Waals surface area contributed by atoms with Gasteiger partial charge in [-0.1, -0.05) is 40.2 Å². The van der Waals surface area contributed by atoms with Crippen LogP contribution in [0.2, 0.25) is 0 Å². The van der Waals surface area contributed by atoms with Crippen molar-refractivity contribution < 1.29 is 0 Å². The van der Waals surface area contributed by atoms with Gasteiger partial charge in [0.1, 0.15) is 0 Å². The minimum Gasteiger partial charge on any atom is -0.364 e. The van der Waals surface area contributed by atoms with Crippen molar-refractivity contribution in [3.05, 3.63) is 64.1 Å². The summed E-state index contributed by atoms with van der Waals surface area (Å²) in [5, 5.41) is 0. The third-order valence-electron chi connectivity index (χ3n) is 4.78. The van der Waals surface area contributed by atoms with E-state index in [1.807, 2.05) is 0 Å². The molecule has 1 nitrogen and oxygen atoms in total. The Kier molecular flexibility index (Phi) is 3.50. The second kappa shape index (κ2) is 5.49. The van der Waals surface area contributed by atoms with Crippen LogP contribution >= 0.6 is 15.9 Å². The van der Waals surface area contributed by atoms with E-state index in [-0.39, 0.29) is 0 Å². The largest absolute Gasteiger partial charge is 0.364 e. The summed E-state index contributed by atoms with van der Waals surface area (Å²) in [5.74, 6) is 0.847. The van der Waals surface area contributed by atoms with Gasteiger partial charge in [0.15, 0.2) is 0 Å². The van der Waals surface area contributed by atoms with Gasteiger partial charge in [0.05, 0.1) is 6.04 Å².